The van der Waals surface area contributed by atoms with Gasteiger partial charge in [-0.1, -0.05) is 18.5 Å². The number of oxime groups is 1. The number of thiazole rings is 1. The van der Waals surface area contributed by atoms with Crippen molar-refractivity contribution < 1.29 is 49.2 Å². The first-order chi connectivity index (χ1) is 16.4. The van der Waals surface area contributed by atoms with E-state index in [0.717, 1.165) is 16.2 Å². The maximum absolute atomic E-state index is 12.9. The molecule has 0 aromatic carbocycles. The third-order valence-electron chi connectivity index (χ3n) is 5.38. The van der Waals surface area contributed by atoms with E-state index in [-0.39, 0.29) is 17.2 Å². The van der Waals surface area contributed by atoms with E-state index in [1.807, 2.05) is 0 Å². The molecule has 0 spiro atoms. The molecule has 1 aliphatic heterocycles. The van der Waals surface area contributed by atoms with E-state index >= 15 is 0 Å². The molecule has 2 rings (SSSR count). The molecule has 0 unspecified atom stereocenters. The Morgan fingerprint density at radius 3 is 2.37 bits per heavy atom. The van der Waals surface area contributed by atoms with Gasteiger partial charge in [0.2, 0.25) is 12.0 Å². The van der Waals surface area contributed by atoms with E-state index in [1.165, 1.54) is 12.3 Å². The Morgan fingerprint density at radius 1 is 1.29 bits per heavy atom. The summed E-state index contributed by atoms with van der Waals surface area (Å²) in [6, 6.07) is -3.41. The quantitative estimate of drug-likeness (QED) is 0.100. The highest BCUT2D eigenvalue weighted by Crippen LogP contribution is 2.30. The number of nitrogen functional groups attached to an aromatic ring is 1. The van der Waals surface area contributed by atoms with Crippen LogP contribution in [0, 0.1) is 5.92 Å². The molecule has 0 radical (unpaired) electrons. The first-order valence-corrected chi connectivity index (χ1v) is 11.2. The van der Waals surface area contributed by atoms with E-state index in [2.05, 4.69) is 15.5 Å². The van der Waals surface area contributed by atoms with Gasteiger partial charge in [-0.3, -0.25) is 14.4 Å². The number of hydrogen-bond donors (Lipinski definition) is 6. The van der Waals surface area contributed by atoms with Gasteiger partial charge in [-0.2, -0.15) is 0 Å². The van der Waals surface area contributed by atoms with Crippen molar-refractivity contribution in [2.45, 2.75) is 50.9 Å². The van der Waals surface area contributed by atoms with Crippen molar-refractivity contribution in [1.82, 2.24) is 15.2 Å². The van der Waals surface area contributed by atoms with Crippen LogP contribution in [0.4, 0.5) is 5.13 Å². The predicted octanol–water partition coefficient (Wildman–Crippen LogP) is -1.44. The van der Waals surface area contributed by atoms with Crippen LogP contribution in [0.2, 0.25) is 0 Å². The lowest BCUT2D eigenvalue weighted by Gasteiger charge is -2.49. The highest BCUT2D eigenvalue weighted by atomic mass is 32.1. The van der Waals surface area contributed by atoms with Crippen molar-refractivity contribution in [2.24, 2.45) is 11.1 Å². The van der Waals surface area contributed by atoms with Gasteiger partial charge in [0.05, 0.1) is 19.1 Å². The zero-order chi connectivity index (χ0) is 26.4. The highest BCUT2D eigenvalue weighted by molar-refractivity contribution is 7.13. The lowest BCUT2D eigenvalue weighted by atomic mass is 9.85. The van der Waals surface area contributed by atoms with Gasteiger partial charge in [-0.05, 0) is 6.92 Å². The topological polar surface area (TPSA) is 242 Å². The molecule has 2 amide bonds. The predicted molar refractivity (Wildman–Crippen MR) is 118 cm³/mol. The molecule has 15 nitrogen and oxygen atoms in total. The number of β-lactam (4-membered cyclic amide) rings is 1. The lowest BCUT2D eigenvalue weighted by molar-refractivity contribution is -0.169. The molecule has 5 atom stereocenters. The average molecular weight is 516 g/mol. The molecule has 1 aromatic rings. The number of rotatable bonds is 13. The normalized spacial score (nSPS) is 20.4. The fourth-order valence-electron chi connectivity index (χ4n) is 3.55. The summed E-state index contributed by atoms with van der Waals surface area (Å²) in [5, 5.41) is 44.1. The van der Waals surface area contributed by atoms with Gasteiger partial charge in [-0.25, -0.2) is 14.6 Å². The molecular weight excluding hydrogens is 490 g/mol. The Kier molecular flexibility index (Phi) is 9.07. The summed E-state index contributed by atoms with van der Waals surface area (Å²) in [5.74, 6) is -6.73. The molecule has 2 heterocycles. The molecule has 7 N–H and O–H groups in total. The van der Waals surface area contributed by atoms with Crippen LogP contribution in [-0.2, 0) is 28.8 Å². The Balaban J connectivity index is 2.24. The van der Waals surface area contributed by atoms with Gasteiger partial charge >= 0.3 is 17.9 Å². The van der Waals surface area contributed by atoms with Gasteiger partial charge in [-0.15, -0.1) is 11.3 Å². The van der Waals surface area contributed by atoms with Crippen LogP contribution in [0.25, 0.3) is 0 Å². The van der Waals surface area contributed by atoms with E-state index in [9.17, 15) is 29.1 Å². The second-order valence-electron chi connectivity index (χ2n) is 7.61. The molecule has 16 heteroatoms. The Morgan fingerprint density at radius 2 is 1.94 bits per heavy atom. The number of nitrogens with two attached hydrogens (primary N) is 1. The van der Waals surface area contributed by atoms with Gasteiger partial charge in [0.1, 0.15) is 17.8 Å². The number of nitrogens with one attached hydrogen (secondary N) is 1. The molecule has 0 saturated carbocycles. The molecular formula is C19H25N5O10S. The van der Waals surface area contributed by atoms with E-state index in [0.29, 0.717) is 0 Å². The summed E-state index contributed by atoms with van der Waals surface area (Å²) < 4.78 is 0. The number of carbonyl (C=O) groups is 5. The lowest BCUT2D eigenvalue weighted by Crippen LogP contribution is -2.74. The summed E-state index contributed by atoms with van der Waals surface area (Å²) in [6.07, 6.45) is -2.05. The van der Waals surface area contributed by atoms with Crippen LogP contribution in [-0.4, -0.2) is 96.6 Å². The van der Waals surface area contributed by atoms with Crippen molar-refractivity contribution in [3.8, 4) is 0 Å². The Labute approximate surface area is 202 Å². The zero-order valence-corrected chi connectivity index (χ0v) is 19.5. The van der Waals surface area contributed by atoms with Crippen LogP contribution >= 0.6 is 11.3 Å². The van der Waals surface area contributed by atoms with Gasteiger partial charge in [0.15, 0.2) is 10.8 Å². The zero-order valence-electron chi connectivity index (χ0n) is 18.7. The van der Waals surface area contributed by atoms with E-state index in [4.69, 9.17) is 25.9 Å². The Hall–Kier alpha value is -3.79. The van der Waals surface area contributed by atoms with Crippen LogP contribution in [0.5, 0.6) is 0 Å². The molecule has 1 aromatic heterocycles. The standard InChI is InChI=1S/C19H25N5O10S/c1-3-8(4-11(26)27)14(18(32)33)24-7(2)12(16(24)29)22-15(28)13(9-6-35-19(20)21-9)23-34-10(5-25)17(30)31/h6-8,10,12,14,25H,3-5H2,1-2H3,(H2,20,21)(H,22,28)(H,26,27)(H,30,31)(H,32,33)/b23-13-/t7-,8-,10-,12+,14+/m1/s1. The fraction of sp³-hybridized carbons (Fsp3) is 0.526. The number of aliphatic carboxylic acids is 3. The summed E-state index contributed by atoms with van der Waals surface area (Å²) in [5.41, 5.74) is 4.96. The number of aromatic nitrogens is 1. The average Bonchev–Trinajstić information content (AvgIpc) is 3.21. The highest BCUT2D eigenvalue weighted by Gasteiger charge is 2.52. The first-order valence-electron chi connectivity index (χ1n) is 10.3. The number of hydrogen-bond acceptors (Lipinski definition) is 11. The van der Waals surface area contributed by atoms with Crippen molar-refractivity contribution in [1.29, 1.82) is 0 Å². The summed E-state index contributed by atoms with van der Waals surface area (Å²) in [4.78, 5) is 69.4. The molecule has 35 heavy (non-hydrogen) atoms. The molecule has 1 saturated heterocycles. The minimum Gasteiger partial charge on any atom is -0.481 e. The monoisotopic (exact) mass is 515 g/mol. The van der Waals surface area contributed by atoms with Gasteiger partial charge in [0, 0.05) is 11.3 Å². The van der Waals surface area contributed by atoms with Gasteiger partial charge in [0.25, 0.3) is 5.91 Å². The summed E-state index contributed by atoms with van der Waals surface area (Å²) >= 11 is 0.950. The summed E-state index contributed by atoms with van der Waals surface area (Å²) in [7, 11) is 0. The smallest absolute Gasteiger partial charge is 0.350 e. The van der Waals surface area contributed by atoms with E-state index in [1.54, 1.807) is 6.92 Å². The SMILES string of the molecule is CC[C@H](CC(=O)O)[C@@H](C(=O)O)N1C(=O)[C@@H](NC(=O)/C(=N\O[C@H](CO)C(=O)O)c2csc(N)n2)[C@H]1C. The van der Waals surface area contributed by atoms with Crippen molar-refractivity contribution in [3.63, 3.8) is 0 Å². The second-order valence-corrected chi connectivity index (χ2v) is 8.50. The summed E-state index contributed by atoms with van der Waals surface area (Å²) in [6.45, 7) is 2.15. The fourth-order valence-corrected chi connectivity index (χ4v) is 4.10. The van der Waals surface area contributed by atoms with Crippen molar-refractivity contribution in [3.05, 3.63) is 11.1 Å². The van der Waals surface area contributed by atoms with Gasteiger partial charge < -0.3 is 41.2 Å². The van der Waals surface area contributed by atoms with Crippen molar-refractivity contribution >= 4 is 51.9 Å². The van der Waals surface area contributed by atoms with E-state index < -0.39 is 78.6 Å². The number of carboxylic acid groups (broad SMARTS) is 3. The second kappa shape index (κ2) is 11.6. The number of aliphatic hydroxyl groups is 1. The number of carbonyl (C=O) groups excluding carboxylic acids is 2. The van der Waals surface area contributed by atoms with Crippen LogP contribution in [0.15, 0.2) is 10.5 Å². The van der Waals surface area contributed by atoms with Crippen LogP contribution in [0.1, 0.15) is 32.4 Å². The molecule has 0 bridgehead atoms. The van der Waals surface area contributed by atoms with Crippen LogP contribution in [0.3, 0.4) is 0 Å². The molecule has 0 aliphatic carbocycles. The maximum Gasteiger partial charge on any atom is 0.350 e. The Bertz CT molecular complexity index is 1030. The third kappa shape index (κ3) is 6.21. The number of amides is 2. The minimum absolute atomic E-state index is 0.0602. The molecule has 192 valence electrons. The maximum atomic E-state index is 12.9. The number of carboxylic acids is 3. The number of likely N-dealkylation sites (tertiary alicyclic amines) is 1. The third-order valence-corrected chi connectivity index (χ3v) is 6.05. The minimum atomic E-state index is -1.77. The number of anilines is 1. The largest absolute Gasteiger partial charge is 0.481 e. The van der Waals surface area contributed by atoms with Crippen molar-refractivity contribution in [2.75, 3.05) is 12.3 Å². The first kappa shape index (κ1) is 27.5. The van der Waals surface area contributed by atoms with Crippen LogP contribution < -0.4 is 11.1 Å². The molecule has 1 fully saturated rings. The number of aliphatic hydroxyl groups excluding tert-OH is 1. The molecule has 1 aliphatic rings. The number of nitrogens with zero attached hydrogens (tertiary/aromatic N) is 3.